The number of carbonyl (C=O) groups is 1. The molecule has 1 N–H and O–H groups in total. The molecule has 0 aliphatic heterocycles. The van der Waals surface area contributed by atoms with Crippen LogP contribution in [-0.2, 0) is 0 Å². The fraction of sp³-hybridized carbons (Fsp3) is 0.0909. The Labute approximate surface area is 109 Å². The molecule has 0 amide bonds. The molecule has 0 saturated heterocycles. The zero-order chi connectivity index (χ0) is 15.0. The summed E-state index contributed by atoms with van der Waals surface area (Å²) in [7, 11) is 0. The summed E-state index contributed by atoms with van der Waals surface area (Å²) in [6.07, 6.45) is 0. The van der Waals surface area contributed by atoms with Crippen LogP contribution in [0.1, 0.15) is 16.2 Å². The van der Waals surface area contributed by atoms with Gasteiger partial charge in [0, 0.05) is 0 Å². The second kappa shape index (κ2) is 4.68. The Morgan fingerprint density at radius 3 is 2.50 bits per heavy atom. The number of nitrogens with zero attached hydrogens (tertiary/aromatic N) is 2. The molecule has 20 heavy (non-hydrogen) atoms. The van der Waals surface area contributed by atoms with E-state index in [1.807, 2.05) is 0 Å². The molecule has 2 aromatic rings. The lowest BCUT2D eigenvalue weighted by atomic mass is 10.1. The van der Waals surface area contributed by atoms with Gasteiger partial charge in [-0.2, -0.15) is 0 Å². The van der Waals surface area contributed by atoms with Crippen molar-refractivity contribution in [2.45, 2.75) is 6.92 Å². The van der Waals surface area contributed by atoms with Gasteiger partial charge in [0.05, 0.1) is 11.0 Å². The van der Waals surface area contributed by atoms with Crippen LogP contribution in [0.4, 0.5) is 14.5 Å². The van der Waals surface area contributed by atoms with Crippen molar-refractivity contribution in [2.75, 3.05) is 0 Å². The summed E-state index contributed by atoms with van der Waals surface area (Å²) in [6.45, 7) is 1.28. The number of hydrogen-bond acceptors (Lipinski definition) is 5. The first-order valence-corrected chi connectivity index (χ1v) is 5.15. The lowest BCUT2D eigenvalue weighted by molar-refractivity contribution is -0.384. The molecule has 0 fully saturated rings. The molecule has 9 heteroatoms. The smallest absolute Gasteiger partial charge is 0.358 e. The third-order valence-electron chi connectivity index (χ3n) is 2.46. The Morgan fingerprint density at radius 2 is 2.00 bits per heavy atom. The third kappa shape index (κ3) is 2.20. The van der Waals surface area contributed by atoms with E-state index in [2.05, 4.69) is 4.98 Å². The molecule has 0 aliphatic carbocycles. The van der Waals surface area contributed by atoms with E-state index in [-0.39, 0.29) is 5.76 Å². The number of aromatic carboxylic acids is 1. The average molecular weight is 284 g/mol. The summed E-state index contributed by atoms with van der Waals surface area (Å²) in [4.78, 5) is 24.2. The van der Waals surface area contributed by atoms with Gasteiger partial charge in [0.25, 0.3) is 5.69 Å². The number of hydrogen-bond donors (Lipinski definition) is 1. The van der Waals surface area contributed by atoms with Crippen molar-refractivity contribution >= 4 is 11.7 Å². The van der Waals surface area contributed by atoms with Crippen LogP contribution in [0.2, 0.25) is 0 Å². The van der Waals surface area contributed by atoms with Crippen LogP contribution in [0, 0.1) is 28.7 Å². The van der Waals surface area contributed by atoms with Crippen LogP contribution < -0.4 is 0 Å². The summed E-state index contributed by atoms with van der Waals surface area (Å²) in [5, 5.41) is 19.6. The second-order valence-electron chi connectivity index (χ2n) is 3.77. The van der Waals surface area contributed by atoms with Crippen LogP contribution in [-0.4, -0.2) is 21.0 Å². The van der Waals surface area contributed by atoms with Crippen LogP contribution in [0.3, 0.4) is 0 Å². The number of oxazole rings is 1. The Kier molecular flexibility index (Phi) is 3.18. The number of halogens is 2. The fourth-order valence-corrected chi connectivity index (χ4v) is 1.57. The maximum Gasteiger partial charge on any atom is 0.358 e. The van der Waals surface area contributed by atoms with Crippen molar-refractivity contribution in [3.63, 3.8) is 0 Å². The molecular weight excluding hydrogens is 278 g/mol. The molecular formula is C11H6F2N2O5. The molecule has 1 aromatic heterocycles. The molecule has 104 valence electrons. The van der Waals surface area contributed by atoms with Crippen molar-refractivity contribution in [2.24, 2.45) is 0 Å². The lowest BCUT2D eigenvalue weighted by Crippen LogP contribution is -1.99. The summed E-state index contributed by atoms with van der Waals surface area (Å²) >= 11 is 0. The van der Waals surface area contributed by atoms with E-state index in [0.29, 0.717) is 12.1 Å². The van der Waals surface area contributed by atoms with Gasteiger partial charge in [-0.3, -0.25) is 10.1 Å². The van der Waals surface area contributed by atoms with E-state index in [0.717, 1.165) is 0 Å². The van der Waals surface area contributed by atoms with E-state index >= 15 is 0 Å². The minimum atomic E-state index is -1.40. The van der Waals surface area contributed by atoms with Gasteiger partial charge in [-0.25, -0.2) is 18.6 Å². The zero-order valence-electron chi connectivity index (χ0n) is 9.89. The van der Waals surface area contributed by atoms with E-state index in [1.54, 1.807) is 0 Å². The Bertz CT molecular complexity index is 726. The van der Waals surface area contributed by atoms with Gasteiger partial charge in [-0.05, 0) is 13.0 Å². The highest BCUT2D eigenvalue weighted by molar-refractivity contribution is 5.87. The van der Waals surface area contributed by atoms with Gasteiger partial charge in [0.2, 0.25) is 5.89 Å². The summed E-state index contributed by atoms with van der Waals surface area (Å²) in [5.41, 5.74) is -1.68. The minimum absolute atomic E-state index is 0.105. The normalized spacial score (nSPS) is 10.6. The molecule has 0 radical (unpaired) electrons. The van der Waals surface area contributed by atoms with E-state index in [9.17, 15) is 23.7 Å². The molecule has 0 aliphatic rings. The number of nitro benzene ring substituents is 1. The highest BCUT2D eigenvalue weighted by Gasteiger charge is 2.25. The van der Waals surface area contributed by atoms with Crippen molar-refractivity contribution < 1.29 is 28.0 Å². The summed E-state index contributed by atoms with van der Waals surface area (Å²) < 4.78 is 31.2. The van der Waals surface area contributed by atoms with Gasteiger partial charge in [-0.15, -0.1) is 0 Å². The van der Waals surface area contributed by atoms with E-state index in [4.69, 9.17) is 9.52 Å². The number of carboxylic acid groups (broad SMARTS) is 1. The first-order valence-electron chi connectivity index (χ1n) is 5.15. The van der Waals surface area contributed by atoms with Crippen LogP contribution in [0.15, 0.2) is 16.5 Å². The summed E-state index contributed by atoms with van der Waals surface area (Å²) in [6, 6.07) is 0.912. The molecule has 2 rings (SSSR count). The molecule has 0 spiro atoms. The van der Waals surface area contributed by atoms with E-state index < -0.39 is 45.4 Å². The first-order chi connectivity index (χ1) is 9.31. The molecule has 0 atom stereocenters. The van der Waals surface area contributed by atoms with Crippen molar-refractivity contribution in [1.82, 2.24) is 4.98 Å². The molecule has 0 unspecified atom stereocenters. The van der Waals surface area contributed by atoms with Crippen molar-refractivity contribution in [3.05, 3.63) is 45.3 Å². The largest absolute Gasteiger partial charge is 0.476 e. The fourth-order valence-electron chi connectivity index (χ4n) is 1.57. The Hall–Kier alpha value is -2.84. The zero-order valence-corrected chi connectivity index (χ0v) is 9.89. The summed E-state index contributed by atoms with van der Waals surface area (Å²) in [5.74, 6) is -4.71. The molecule has 0 saturated carbocycles. The highest BCUT2D eigenvalue weighted by Crippen LogP contribution is 2.32. The van der Waals surface area contributed by atoms with E-state index in [1.165, 1.54) is 6.92 Å². The SMILES string of the molecule is Cc1oc(-c2cc(F)c(F)cc2[N+](=O)[O-])nc1C(=O)O. The standard InChI is InChI=1S/C11H6F2N2O5/c1-4-9(11(16)17)14-10(20-4)5-2-6(12)7(13)3-8(5)15(18)19/h2-3H,1H3,(H,16,17). The van der Waals surface area contributed by atoms with Crippen molar-refractivity contribution in [3.8, 4) is 11.5 Å². The Balaban J connectivity index is 2.68. The van der Waals surface area contributed by atoms with Crippen LogP contribution in [0.5, 0.6) is 0 Å². The van der Waals surface area contributed by atoms with Gasteiger partial charge >= 0.3 is 5.97 Å². The molecule has 7 nitrogen and oxygen atoms in total. The average Bonchev–Trinajstić information content (AvgIpc) is 2.74. The van der Waals surface area contributed by atoms with Gasteiger partial charge in [-0.1, -0.05) is 0 Å². The van der Waals surface area contributed by atoms with Crippen LogP contribution >= 0.6 is 0 Å². The number of rotatable bonds is 3. The van der Waals surface area contributed by atoms with Crippen molar-refractivity contribution in [1.29, 1.82) is 0 Å². The number of aromatic nitrogens is 1. The Morgan fingerprint density at radius 1 is 1.40 bits per heavy atom. The minimum Gasteiger partial charge on any atom is -0.476 e. The number of aryl methyl sites for hydroxylation is 1. The monoisotopic (exact) mass is 284 g/mol. The maximum atomic E-state index is 13.2. The number of benzene rings is 1. The van der Waals surface area contributed by atoms with Gasteiger partial charge in [0.15, 0.2) is 17.3 Å². The molecule has 1 heterocycles. The maximum absolute atomic E-state index is 13.2. The molecule has 0 bridgehead atoms. The number of carboxylic acids is 1. The van der Waals surface area contributed by atoms with Gasteiger partial charge in [0.1, 0.15) is 11.3 Å². The highest BCUT2D eigenvalue weighted by atomic mass is 19.2. The van der Waals surface area contributed by atoms with Crippen LogP contribution in [0.25, 0.3) is 11.5 Å². The third-order valence-corrected chi connectivity index (χ3v) is 2.46. The predicted octanol–water partition coefficient (Wildman–Crippen LogP) is 2.53. The quantitative estimate of drug-likeness (QED) is 0.685. The topological polar surface area (TPSA) is 106 Å². The second-order valence-corrected chi connectivity index (χ2v) is 3.77. The van der Waals surface area contributed by atoms with Gasteiger partial charge < -0.3 is 9.52 Å². The lowest BCUT2D eigenvalue weighted by Gasteiger charge is -2.00. The first kappa shape index (κ1) is 13.6. The predicted molar refractivity (Wildman–Crippen MR) is 60.2 cm³/mol. The molecule has 1 aromatic carbocycles. The number of nitro groups is 1.